The molecular formula is C15H21N3O4S. The number of anilines is 2. The van der Waals surface area contributed by atoms with Gasteiger partial charge in [-0.2, -0.15) is 0 Å². The summed E-state index contributed by atoms with van der Waals surface area (Å²) in [6.45, 7) is 5.19. The molecule has 0 spiro atoms. The van der Waals surface area contributed by atoms with Crippen molar-refractivity contribution in [3.63, 3.8) is 0 Å². The molecule has 0 unspecified atom stereocenters. The van der Waals surface area contributed by atoms with Crippen LogP contribution >= 0.6 is 0 Å². The molecule has 0 aromatic heterocycles. The van der Waals surface area contributed by atoms with Gasteiger partial charge in [-0.15, -0.1) is 6.58 Å². The number of sulfonamides is 1. The van der Waals surface area contributed by atoms with Crippen molar-refractivity contribution in [2.45, 2.75) is 13.3 Å². The van der Waals surface area contributed by atoms with E-state index in [0.717, 1.165) is 10.6 Å². The predicted octanol–water partition coefficient (Wildman–Crippen LogP) is 1.10. The number of nitrogens with zero attached hydrogens (tertiary/aromatic N) is 1. The zero-order valence-corrected chi connectivity index (χ0v) is 14.0. The van der Waals surface area contributed by atoms with Gasteiger partial charge in [0.1, 0.15) is 0 Å². The first-order chi connectivity index (χ1) is 10.7. The van der Waals surface area contributed by atoms with Gasteiger partial charge in [0.05, 0.1) is 11.9 Å². The molecule has 0 bridgehead atoms. The van der Waals surface area contributed by atoms with E-state index in [-0.39, 0.29) is 24.8 Å². The van der Waals surface area contributed by atoms with Gasteiger partial charge in [0.2, 0.25) is 21.8 Å². The van der Waals surface area contributed by atoms with Gasteiger partial charge in [0, 0.05) is 32.1 Å². The fourth-order valence-electron chi connectivity index (χ4n) is 1.91. The summed E-state index contributed by atoms with van der Waals surface area (Å²) in [5.41, 5.74) is 0.870. The minimum absolute atomic E-state index is 0.00529. The number of nitrogens with one attached hydrogen (secondary N) is 2. The lowest BCUT2D eigenvalue weighted by atomic mass is 10.2. The second kappa shape index (κ2) is 8.33. The lowest BCUT2D eigenvalue weighted by Crippen LogP contribution is -2.34. The van der Waals surface area contributed by atoms with E-state index in [1.807, 2.05) is 0 Å². The second-order valence-electron chi connectivity index (χ2n) is 4.91. The molecule has 1 aromatic carbocycles. The fourth-order valence-corrected chi connectivity index (χ4v) is 2.83. The minimum Gasteiger partial charge on any atom is -0.353 e. The van der Waals surface area contributed by atoms with Gasteiger partial charge in [0.15, 0.2) is 0 Å². The van der Waals surface area contributed by atoms with E-state index in [1.54, 1.807) is 30.3 Å². The molecule has 0 atom stereocenters. The van der Waals surface area contributed by atoms with Crippen molar-refractivity contribution in [1.29, 1.82) is 0 Å². The van der Waals surface area contributed by atoms with Gasteiger partial charge in [0.25, 0.3) is 0 Å². The van der Waals surface area contributed by atoms with Crippen LogP contribution in [0.5, 0.6) is 0 Å². The Morgan fingerprint density at radius 3 is 2.61 bits per heavy atom. The first-order valence-corrected chi connectivity index (χ1v) is 8.82. The molecule has 0 radical (unpaired) electrons. The monoisotopic (exact) mass is 339 g/mol. The average Bonchev–Trinajstić information content (AvgIpc) is 2.43. The Hall–Kier alpha value is -2.35. The summed E-state index contributed by atoms with van der Waals surface area (Å²) in [7, 11) is -3.56. The molecule has 0 aliphatic rings. The summed E-state index contributed by atoms with van der Waals surface area (Å²) in [5.74, 6) is -0.520. The molecule has 1 aromatic rings. The smallest absolute Gasteiger partial charge is 0.232 e. The molecule has 0 heterocycles. The Labute approximate surface area is 136 Å². The lowest BCUT2D eigenvalue weighted by molar-refractivity contribution is -0.120. The molecule has 0 aliphatic heterocycles. The summed E-state index contributed by atoms with van der Waals surface area (Å²) in [4.78, 5) is 22.7. The van der Waals surface area contributed by atoms with E-state index in [4.69, 9.17) is 0 Å². The number of carbonyl (C=O) groups is 2. The second-order valence-corrected chi connectivity index (χ2v) is 6.82. The number of carbonyl (C=O) groups excluding carboxylic acids is 2. The summed E-state index contributed by atoms with van der Waals surface area (Å²) in [6, 6.07) is 6.44. The highest BCUT2D eigenvalue weighted by molar-refractivity contribution is 7.92. The van der Waals surface area contributed by atoms with Gasteiger partial charge >= 0.3 is 0 Å². The number of rotatable bonds is 8. The van der Waals surface area contributed by atoms with Gasteiger partial charge in [-0.3, -0.25) is 13.9 Å². The molecule has 2 N–H and O–H groups in total. The quantitative estimate of drug-likeness (QED) is 0.693. The molecular weight excluding hydrogens is 318 g/mol. The van der Waals surface area contributed by atoms with E-state index in [2.05, 4.69) is 17.2 Å². The van der Waals surface area contributed by atoms with E-state index in [0.29, 0.717) is 17.9 Å². The summed E-state index contributed by atoms with van der Waals surface area (Å²) >= 11 is 0. The SMILES string of the molecule is C=CCNC(=O)CCN(c1cccc(NC(C)=O)c1)S(C)(=O)=O. The number of hydrogen-bond donors (Lipinski definition) is 2. The Kier molecular flexibility index (Phi) is 6.77. The van der Waals surface area contributed by atoms with Crippen molar-refractivity contribution in [1.82, 2.24) is 5.32 Å². The van der Waals surface area contributed by atoms with Crippen molar-refractivity contribution in [2.75, 3.05) is 29.0 Å². The largest absolute Gasteiger partial charge is 0.353 e. The Balaban J connectivity index is 2.93. The van der Waals surface area contributed by atoms with Crippen molar-refractivity contribution in [3.05, 3.63) is 36.9 Å². The van der Waals surface area contributed by atoms with E-state index < -0.39 is 10.0 Å². The zero-order valence-electron chi connectivity index (χ0n) is 13.2. The average molecular weight is 339 g/mol. The van der Waals surface area contributed by atoms with Crippen LogP contribution in [-0.4, -0.2) is 39.6 Å². The van der Waals surface area contributed by atoms with Crippen LogP contribution in [0.15, 0.2) is 36.9 Å². The molecule has 1 rings (SSSR count). The molecule has 23 heavy (non-hydrogen) atoms. The number of benzene rings is 1. The van der Waals surface area contributed by atoms with Crippen molar-refractivity contribution in [3.8, 4) is 0 Å². The fraction of sp³-hybridized carbons (Fsp3) is 0.333. The van der Waals surface area contributed by atoms with E-state index in [1.165, 1.54) is 6.92 Å². The van der Waals surface area contributed by atoms with E-state index in [9.17, 15) is 18.0 Å². The first kappa shape index (κ1) is 18.7. The van der Waals surface area contributed by atoms with Gasteiger partial charge in [-0.05, 0) is 18.2 Å². The van der Waals surface area contributed by atoms with Crippen LogP contribution < -0.4 is 14.9 Å². The summed E-state index contributed by atoms with van der Waals surface area (Å²) in [6.07, 6.45) is 2.63. The van der Waals surface area contributed by atoms with Gasteiger partial charge in [-0.1, -0.05) is 12.1 Å². The maximum Gasteiger partial charge on any atom is 0.232 e. The van der Waals surface area contributed by atoms with Crippen LogP contribution in [0.2, 0.25) is 0 Å². The van der Waals surface area contributed by atoms with Crippen molar-refractivity contribution in [2.24, 2.45) is 0 Å². The Bertz CT molecular complexity index is 686. The third-order valence-electron chi connectivity index (χ3n) is 2.84. The van der Waals surface area contributed by atoms with Crippen LogP contribution in [0.25, 0.3) is 0 Å². The maximum absolute atomic E-state index is 12.0. The van der Waals surface area contributed by atoms with Crippen LogP contribution in [0.1, 0.15) is 13.3 Å². The summed E-state index contributed by atoms with van der Waals surface area (Å²) in [5, 5.41) is 5.19. The molecule has 0 aliphatic carbocycles. The van der Waals surface area contributed by atoms with Gasteiger partial charge in [-0.25, -0.2) is 8.42 Å². The number of hydrogen-bond acceptors (Lipinski definition) is 4. The lowest BCUT2D eigenvalue weighted by Gasteiger charge is -2.22. The standard InChI is InChI=1S/C15H21N3O4S/c1-4-9-16-15(20)8-10-18(23(3,21)22)14-7-5-6-13(11-14)17-12(2)19/h4-7,11H,1,8-10H2,2-3H3,(H,16,20)(H,17,19). The molecule has 0 saturated carbocycles. The van der Waals surface area contributed by atoms with Gasteiger partial charge < -0.3 is 10.6 Å². The molecule has 0 saturated heterocycles. The topological polar surface area (TPSA) is 95.6 Å². The Morgan fingerprint density at radius 2 is 2.04 bits per heavy atom. The highest BCUT2D eigenvalue weighted by Gasteiger charge is 2.19. The zero-order chi connectivity index (χ0) is 17.5. The van der Waals surface area contributed by atoms with Crippen molar-refractivity contribution >= 4 is 33.2 Å². The Morgan fingerprint density at radius 1 is 1.35 bits per heavy atom. The highest BCUT2D eigenvalue weighted by Crippen LogP contribution is 2.22. The normalized spacial score (nSPS) is 10.7. The van der Waals surface area contributed by atoms with E-state index >= 15 is 0 Å². The predicted molar refractivity (Wildman–Crippen MR) is 90.8 cm³/mol. The molecule has 126 valence electrons. The molecule has 0 fully saturated rings. The van der Waals surface area contributed by atoms with Crippen LogP contribution in [0.3, 0.4) is 0 Å². The van der Waals surface area contributed by atoms with Crippen molar-refractivity contribution < 1.29 is 18.0 Å². The third kappa shape index (κ3) is 6.52. The third-order valence-corrected chi connectivity index (χ3v) is 4.03. The van der Waals surface area contributed by atoms with Crippen LogP contribution in [-0.2, 0) is 19.6 Å². The van der Waals surface area contributed by atoms with Crippen LogP contribution in [0, 0.1) is 0 Å². The molecule has 2 amide bonds. The molecule has 8 heteroatoms. The first-order valence-electron chi connectivity index (χ1n) is 6.97. The number of amides is 2. The summed E-state index contributed by atoms with van der Waals surface area (Å²) < 4.78 is 25.1. The highest BCUT2D eigenvalue weighted by atomic mass is 32.2. The molecule has 7 nitrogen and oxygen atoms in total. The maximum atomic E-state index is 12.0. The van der Waals surface area contributed by atoms with Crippen LogP contribution in [0.4, 0.5) is 11.4 Å². The minimum atomic E-state index is -3.56.